The SMILES string of the molecule is COc1c(CBr)cnc(CO)c1OC(F)(F)F. The average molecular weight is 316 g/mol. The van der Waals surface area contributed by atoms with Crippen molar-refractivity contribution in [1.82, 2.24) is 4.98 Å². The van der Waals surface area contributed by atoms with Crippen molar-refractivity contribution in [1.29, 1.82) is 0 Å². The smallest absolute Gasteiger partial charge is 0.492 e. The maximum absolute atomic E-state index is 12.2. The Hall–Kier alpha value is -1.02. The number of methoxy groups -OCH3 is 1. The van der Waals surface area contributed by atoms with Gasteiger partial charge in [0.2, 0.25) is 0 Å². The van der Waals surface area contributed by atoms with Gasteiger partial charge in [-0.3, -0.25) is 4.98 Å². The Balaban J connectivity index is 3.30. The Bertz CT molecular complexity index is 398. The highest BCUT2D eigenvalue weighted by molar-refractivity contribution is 9.08. The maximum Gasteiger partial charge on any atom is 0.573 e. The molecule has 0 aliphatic rings. The molecule has 0 saturated carbocycles. The van der Waals surface area contributed by atoms with Crippen LogP contribution in [0, 0.1) is 0 Å². The Morgan fingerprint density at radius 1 is 1.41 bits per heavy atom. The predicted molar refractivity (Wildman–Crippen MR) is 56.0 cm³/mol. The Kier molecular flexibility index (Phi) is 4.58. The van der Waals surface area contributed by atoms with Crippen molar-refractivity contribution in [3.8, 4) is 11.5 Å². The number of rotatable bonds is 4. The molecule has 96 valence electrons. The van der Waals surface area contributed by atoms with E-state index in [9.17, 15) is 13.2 Å². The second kappa shape index (κ2) is 5.54. The molecule has 8 heteroatoms. The first-order valence-corrected chi connectivity index (χ1v) is 5.52. The van der Waals surface area contributed by atoms with Gasteiger partial charge in [0.1, 0.15) is 5.69 Å². The lowest BCUT2D eigenvalue weighted by Crippen LogP contribution is -2.19. The van der Waals surface area contributed by atoms with E-state index in [0.29, 0.717) is 5.56 Å². The quantitative estimate of drug-likeness (QED) is 0.867. The van der Waals surface area contributed by atoms with Gasteiger partial charge in [-0.25, -0.2) is 0 Å². The summed E-state index contributed by atoms with van der Waals surface area (Å²) in [6, 6.07) is 0. The van der Waals surface area contributed by atoms with E-state index < -0.39 is 18.7 Å². The van der Waals surface area contributed by atoms with Crippen molar-refractivity contribution < 1.29 is 27.8 Å². The second-order valence-corrected chi connectivity index (χ2v) is 3.49. The summed E-state index contributed by atoms with van der Waals surface area (Å²) in [6.07, 6.45) is -3.56. The van der Waals surface area contributed by atoms with Crippen LogP contribution in [0.25, 0.3) is 0 Å². The summed E-state index contributed by atoms with van der Waals surface area (Å²) in [5.74, 6) is -0.710. The first-order valence-electron chi connectivity index (χ1n) is 4.40. The van der Waals surface area contributed by atoms with Crippen molar-refractivity contribution in [2.24, 2.45) is 0 Å². The van der Waals surface area contributed by atoms with Crippen LogP contribution in [0.1, 0.15) is 11.3 Å². The number of nitrogens with zero attached hydrogens (tertiary/aromatic N) is 1. The molecule has 0 atom stereocenters. The molecule has 0 fully saturated rings. The summed E-state index contributed by atoms with van der Waals surface area (Å²) in [6.45, 7) is -0.676. The van der Waals surface area contributed by atoms with Crippen LogP contribution < -0.4 is 9.47 Å². The second-order valence-electron chi connectivity index (χ2n) is 2.93. The monoisotopic (exact) mass is 315 g/mol. The number of aliphatic hydroxyl groups excluding tert-OH is 1. The summed E-state index contributed by atoms with van der Waals surface area (Å²) in [5.41, 5.74) is 0.160. The Morgan fingerprint density at radius 3 is 2.47 bits per heavy atom. The number of aromatic nitrogens is 1. The van der Waals surface area contributed by atoms with E-state index in [1.807, 2.05) is 0 Å². The lowest BCUT2D eigenvalue weighted by molar-refractivity contribution is -0.275. The minimum Gasteiger partial charge on any atom is -0.492 e. The molecule has 1 heterocycles. The highest BCUT2D eigenvalue weighted by atomic mass is 79.9. The third-order valence-electron chi connectivity index (χ3n) is 1.85. The van der Waals surface area contributed by atoms with Crippen molar-refractivity contribution >= 4 is 15.9 Å². The zero-order valence-corrected chi connectivity index (χ0v) is 10.3. The molecule has 17 heavy (non-hydrogen) atoms. The van der Waals surface area contributed by atoms with E-state index in [2.05, 4.69) is 25.7 Å². The van der Waals surface area contributed by atoms with Gasteiger partial charge in [-0.05, 0) is 0 Å². The fourth-order valence-electron chi connectivity index (χ4n) is 1.20. The largest absolute Gasteiger partial charge is 0.573 e. The zero-order valence-electron chi connectivity index (χ0n) is 8.71. The van der Waals surface area contributed by atoms with Crippen LogP contribution in [-0.2, 0) is 11.9 Å². The molecule has 0 radical (unpaired) electrons. The fourth-order valence-corrected chi connectivity index (χ4v) is 1.60. The zero-order chi connectivity index (χ0) is 13.1. The first kappa shape index (κ1) is 14.0. The van der Waals surface area contributed by atoms with E-state index in [0.717, 1.165) is 0 Å². The van der Waals surface area contributed by atoms with E-state index in [1.165, 1.54) is 13.3 Å². The molecule has 0 saturated heterocycles. The van der Waals surface area contributed by atoms with E-state index >= 15 is 0 Å². The molecule has 1 aromatic heterocycles. The van der Waals surface area contributed by atoms with E-state index in [-0.39, 0.29) is 16.8 Å². The minimum atomic E-state index is -4.87. The van der Waals surface area contributed by atoms with Crippen LogP contribution >= 0.6 is 15.9 Å². The molecule has 1 rings (SSSR count). The van der Waals surface area contributed by atoms with Crippen molar-refractivity contribution in [2.75, 3.05) is 7.11 Å². The van der Waals surface area contributed by atoms with Crippen LogP contribution in [0.2, 0.25) is 0 Å². The molecular weight excluding hydrogens is 307 g/mol. The molecule has 0 spiro atoms. The van der Waals surface area contributed by atoms with E-state index in [1.54, 1.807) is 0 Å². The fraction of sp³-hybridized carbons (Fsp3) is 0.444. The summed E-state index contributed by atoms with van der Waals surface area (Å²) in [4.78, 5) is 3.68. The summed E-state index contributed by atoms with van der Waals surface area (Å²) >= 11 is 3.09. The number of alkyl halides is 4. The molecule has 0 unspecified atom stereocenters. The lowest BCUT2D eigenvalue weighted by Gasteiger charge is -2.16. The Morgan fingerprint density at radius 2 is 2.06 bits per heavy atom. The number of pyridine rings is 1. The topological polar surface area (TPSA) is 51.6 Å². The van der Waals surface area contributed by atoms with Crippen molar-refractivity contribution in [3.05, 3.63) is 17.5 Å². The van der Waals surface area contributed by atoms with Gasteiger partial charge in [-0.2, -0.15) is 0 Å². The van der Waals surface area contributed by atoms with Crippen LogP contribution in [0.5, 0.6) is 11.5 Å². The molecule has 0 aliphatic heterocycles. The minimum absolute atomic E-state index is 0.0988. The first-order chi connectivity index (χ1) is 7.92. The van der Waals surface area contributed by atoms with Crippen LogP contribution in [0.15, 0.2) is 6.20 Å². The molecular formula is C9H9BrF3NO3. The molecule has 0 amide bonds. The van der Waals surface area contributed by atoms with Crippen molar-refractivity contribution in [3.63, 3.8) is 0 Å². The number of aliphatic hydroxyl groups is 1. The van der Waals surface area contributed by atoms with Crippen LogP contribution in [0.3, 0.4) is 0 Å². The highest BCUT2D eigenvalue weighted by Gasteiger charge is 2.34. The molecule has 0 aromatic carbocycles. The van der Waals surface area contributed by atoms with Gasteiger partial charge in [-0.15, -0.1) is 13.2 Å². The van der Waals surface area contributed by atoms with Crippen molar-refractivity contribution in [2.45, 2.75) is 18.3 Å². The molecule has 0 bridgehead atoms. The van der Waals surface area contributed by atoms with Gasteiger partial charge in [0, 0.05) is 17.1 Å². The van der Waals surface area contributed by atoms with Gasteiger partial charge >= 0.3 is 6.36 Å². The number of ether oxygens (including phenoxy) is 2. The predicted octanol–water partition coefficient (Wildman–Crippen LogP) is 2.38. The molecule has 1 N–H and O–H groups in total. The number of hydrogen-bond donors (Lipinski definition) is 1. The van der Waals surface area contributed by atoms with Gasteiger partial charge in [-0.1, -0.05) is 15.9 Å². The molecule has 0 aliphatic carbocycles. The lowest BCUT2D eigenvalue weighted by atomic mass is 10.2. The third kappa shape index (κ3) is 3.47. The van der Waals surface area contributed by atoms with Crippen LogP contribution in [0.4, 0.5) is 13.2 Å². The number of halogens is 4. The summed E-state index contributed by atoms with van der Waals surface area (Å²) in [7, 11) is 1.21. The van der Waals surface area contributed by atoms with E-state index in [4.69, 9.17) is 9.84 Å². The normalized spacial score (nSPS) is 11.4. The maximum atomic E-state index is 12.2. The van der Waals surface area contributed by atoms with Gasteiger partial charge in [0.25, 0.3) is 0 Å². The highest BCUT2D eigenvalue weighted by Crippen LogP contribution is 2.37. The summed E-state index contributed by atoms with van der Waals surface area (Å²) < 4.78 is 45.3. The number of hydrogen-bond acceptors (Lipinski definition) is 4. The van der Waals surface area contributed by atoms with Gasteiger partial charge in [0.05, 0.1) is 13.7 Å². The van der Waals surface area contributed by atoms with Gasteiger partial charge in [0.15, 0.2) is 11.5 Å². The van der Waals surface area contributed by atoms with Crippen LogP contribution in [-0.4, -0.2) is 23.6 Å². The Labute approximate surface area is 103 Å². The molecule has 4 nitrogen and oxygen atoms in total. The van der Waals surface area contributed by atoms with Gasteiger partial charge < -0.3 is 14.6 Å². The third-order valence-corrected chi connectivity index (χ3v) is 2.46. The standard InChI is InChI=1S/C9H9BrF3NO3/c1-16-7-5(2-10)3-14-6(4-15)8(7)17-9(11,12)13/h3,15H,2,4H2,1H3. The molecule has 1 aromatic rings. The average Bonchev–Trinajstić information content (AvgIpc) is 2.26. The summed E-state index contributed by atoms with van der Waals surface area (Å²) in [5, 5.41) is 9.17.